The smallest absolute Gasteiger partial charge is 0.0601 e. The van der Waals surface area contributed by atoms with Crippen LogP contribution in [0.3, 0.4) is 0 Å². The topological polar surface area (TPSA) is 24.4 Å². The van der Waals surface area contributed by atoms with E-state index in [2.05, 4.69) is 17.5 Å². The average Bonchev–Trinajstić information content (AvgIpc) is 2.46. The average molecular weight is 138 g/mol. The minimum Gasteiger partial charge on any atom is -0.304 e. The van der Waals surface area contributed by atoms with Gasteiger partial charge in [-0.05, 0) is 19.8 Å². The molecule has 0 aromatic carbocycles. The van der Waals surface area contributed by atoms with Crippen molar-refractivity contribution in [1.29, 1.82) is 0 Å². The van der Waals surface area contributed by atoms with Crippen LogP contribution in [0.5, 0.6) is 0 Å². The summed E-state index contributed by atoms with van der Waals surface area (Å²) in [7, 11) is 0. The maximum atomic E-state index is 4.24. The van der Waals surface area contributed by atoms with Crippen molar-refractivity contribution in [3.05, 3.63) is 0 Å². The van der Waals surface area contributed by atoms with Gasteiger partial charge in [0.2, 0.25) is 0 Å². The van der Waals surface area contributed by atoms with Crippen LogP contribution in [0.4, 0.5) is 0 Å². The van der Waals surface area contributed by atoms with Crippen LogP contribution < -0.4 is 5.43 Å². The number of hydrazone groups is 1. The SMILES string of the molecule is CC1=NNC2(CCCC2)C1. The van der Waals surface area contributed by atoms with Crippen molar-refractivity contribution in [2.75, 3.05) is 0 Å². The van der Waals surface area contributed by atoms with Crippen molar-refractivity contribution < 1.29 is 0 Å². The molecular weight excluding hydrogens is 124 g/mol. The second kappa shape index (κ2) is 1.97. The molecule has 1 spiro atoms. The van der Waals surface area contributed by atoms with Gasteiger partial charge in [-0.15, -0.1) is 0 Å². The summed E-state index contributed by atoms with van der Waals surface area (Å²) in [5, 5.41) is 4.24. The molecule has 0 saturated heterocycles. The fourth-order valence-corrected chi connectivity index (χ4v) is 2.12. The zero-order chi connectivity index (χ0) is 7.03. The van der Waals surface area contributed by atoms with Crippen LogP contribution in [0.15, 0.2) is 5.10 Å². The van der Waals surface area contributed by atoms with E-state index in [-0.39, 0.29) is 0 Å². The molecule has 10 heavy (non-hydrogen) atoms. The van der Waals surface area contributed by atoms with Crippen LogP contribution in [-0.4, -0.2) is 11.3 Å². The summed E-state index contributed by atoms with van der Waals surface area (Å²) in [6, 6.07) is 0. The van der Waals surface area contributed by atoms with E-state index in [1.807, 2.05) is 0 Å². The van der Waals surface area contributed by atoms with Crippen LogP contribution in [-0.2, 0) is 0 Å². The third-order valence-corrected chi connectivity index (χ3v) is 2.64. The van der Waals surface area contributed by atoms with E-state index >= 15 is 0 Å². The largest absolute Gasteiger partial charge is 0.304 e. The highest BCUT2D eigenvalue weighted by atomic mass is 15.4. The summed E-state index contributed by atoms with van der Waals surface area (Å²) in [4.78, 5) is 0. The van der Waals surface area contributed by atoms with Crippen LogP contribution in [0.2, 0.25) is 0 Å². The van der Waals surface area contributed by atoms with Crippen LogP contribution in [0.1, 0.15) is 39.0 Å². The highest BCUT2D eigenvalue weighted by Crippen LogP contribution is 2.35. The first-order valence-corrected chi connectivity index (χ1v) is 4.11. The Hall–Kier alpha value is -0.530. The van der Waals surface area contributed by atoms with Gasteiger partial charge in [-0.25, -0.2) is 0 Å². The summed E-state index contributed by atoms with van der Waals surface area (Å²) in [6.45, 7) is 2.11. The van der Waals surface area contributed by atoms with Gasteiger partial charge in [0.05, 0.1) is 5.54 Å². The molecule has 1 heterocycles. The highest BCUT2D eigenvalue weighted by Gasteiger charge is 2.36. The third-order valence-electron chi connectivity index (χ3n) is 2.64. The maximum absolute atomic E-state index is 4.24. The quantitative estimate of drug-likeness (QED) is 0.541. The molecule has 0 aromatic rings. The summed E-state index contributed by atoms with van der Waals surface area (Å²) < 4.78 is 0. The Morgan fingerprint density at radius 2 is 2.10 bits per heavy atom. The van der Waals surface area contributed by atoms with Crippen molar-refractivity contribution in [3.63, 3.8) is 0 Å². The first-order chi connectivity index (χ1) is 4.81. The van der Waals surface area contributed by atoms with E-state index in [9.17, 15) is 0 Å². The minimum absolute atomic E-state index is 0.407. The zero-order valence-electron chi connectivity index (χ0n) is 6.48. The molecule has 1 N–H and O–H groups in total. The number of rotatable bonds is 0. The first-order valence-electron chi connectivity index (χ1n) is 4.11. The van der Waals surface area contributed by atoms with E-state index in [1.165, 1.54) is 37.8 Å². The third kappa shape index (κ3) is 0.825. The molecule has 1 aliphatic carbocycles. The van der Waals surface area contributed by atoms with Gasteiger partial charge in [0.25, 0.3) is 0 Å². The van der Waals surface area contributed by atoms with Crippen molar-refractivity contribution in [2.45, 2.75) is 44.6 Å². The molecule has 0 unspecified atom stereocenters. The Balaban J connectivity index is 2.07. The zero-order valence-corrected chi connectivity index (χ0v) is 6.48. The van der Waals surface area contributed by atoms with Crippen molar-refractivity contribution in [2.24, 2.45) is 5.10 Å². The molecule has 0 atom stereocenters. The van der Waals surface area contributed by atoms with Gasteiger partial charge >= 0.3 is 0 Å². The van der Waals surface area contributed by atoms with Gasteiger partial charge in [-0.2, -0.15) is 5.10 Å². The minimum atomic E-state index is 0.407. The lowest BCUT2D eigenvalue weighted by Gasteiger charge is -2.21. The normalized spacial score (nSPS) is 28.7. The van der Waals surface area contributed by atoms with E-state index in [0.29, 0.717) is 5.54 Å². The molecular formula is C8H14N2. The standard InChI is InChI=1S/C8H14N2/c1-7-6-8(10-9-7)4-2-3-5-8/h10H,2-6H2,1H3. The Morgan fingerprint density at radius 3 is 2.60 bits per heavy atom. The van der Waals surface area contributed by atoms with E-state index < -0.39 is 0 Å². The van der Waals surface area contributed by atoms with Gasteiger partial charge < -0.3 is 5.43 Å². The molecule has 2 rings (SSSR count). The van der Waals surface area contributed by atoms with E-state index in [1.54, 1.807) is 0 Å². The molecule has 2 nitrogen and oxygen atoms in total. The lowest BCUT2D eigenvalue weighted by molar-refractivity contribution is 0.378. The predicted molar refractivity (Wildman–Crippen MR) is 42.1 cm³/mol. The fourth-order valence-electron chi connectivity index (χ4n) is 2.12. The van der Waals surface area contributed by atoms with E-state index in [4.69, 9.17) is 0 Å². The Bertz CT molecular complexity index is 166. The summed E-state index contributed by atoms with van der Waals surface area (Å²) in [5.74, 6) is 0. The van der Waals surface area contributed by atoms with Gasteiger partial charge in [0, 0.05) is 12.1 Å². The first kappa shape index (κ1) is 6.20. The molecule has 2 heteroatoms. The van der Waals surface area contributed by atoms with Gasteiger partial charge in [-0.1, -0.05) is 12.8 Å². The second-order valence-corrected chi connectivity index (χ2v) is 3.62. The molecule has 1 fully saturated rings. The lowest BCUT2D eigenvalue weighted by atomic mass is 9.93. The molecule has 0 radical (unpaired) electrons. The monoisotopic (exact) mass is 138 g/mol. The number of nitrogens with zero attached hydrogens (tertiary/aromatic N) is 1. The summed E-state index contributed by atoms with van der Waals surface area (Å²) in [5.41, 5.74) is 4.96. The number of nitrogens with one attached hydrogen (secondary N) is 1. The van der Waals surface area contributed by atoms with Gasteiger partial charge in [0.1, 0.15) is 0 Å². The van der Waals surface area contributed by atoms with Crippen LogP contribution >= 0.6 is 0 Å². The molecule has 1 saturated carbocycles. The Kier molecular flexibility index (Phi) is 1.22. The van der Waals surface area contributed by atoms with Gasteiger partial charge in [-0.3, -0.25) is 0 Å². The molecule has 0 amide bonds. The molecule has 0 bridgehead atoms. The van der Waals surface area contributed by atoms with E-state index in [0.717, 1.165) is 0 Å². The highest BCUT2D eigenvalue weighted by molar-refractivity contribution is 5.84. The molecule has 2 aliphatic rings. The van der Waals surface area contributed by atoms with Crippen LogP contribution in [0, 0.1) is 0 Å². The second-order valence-electron chi connectivity index (χ2n) is 3.62. The number of hydrogen-bond donors (Lipinski definition) is 1. The summed E-state index contributed by atoms with van der Waals surface area (Å²) in [6.07, 6.45) is 6.61. The predicted octanol–water partition coefficient (Wildman–Crippen LogP) is 1.67. The van der Waals surface area contributed by atoms with Crippen molar-refractivity contribution in [3.8, 4) is 0 Å². The maximum Gasteiger partial charge on any atom is 0.0601 e. The van der Waals surface area contributed by atoms with Gasteiger partial charge in [0.15, 0.2) is 0 Å². The molecule has 1 aliphatic heterocycles. The van der Waals surface area contributed by atoms with Crippen LogP contribution in [0.25, 0.3) is 0 Å². The Morgan fingerprint density at radius 1 is 1.40 bits per heavy atom. The van der Waals surface area contributed by atoms with Crippen molar-refractivity contribution >= 4 is 5.71 Å². The Labute approximate surface area is 61.7 Å². The number of hydrogen-bond acceptors (Lipinski definition) is 2. The summed E-state index contributed by atoms with van der Waals surface area (Å²) >= 11 is 0. The molecule has 0 aromatic heterocycles. The van der Waals surface area contributed by atoms with Crippen molar-refractivity contribution in [1.82, 2.24) is 5.43 Å². The molecule has 56 valence electrons. The lowest BCUT2D eigenvalue weighted by Crippen LogP contribution is -2.35. The fraction of sp³-hybridized carbons (Fsp3) is 0.875.